The third kappa shape index (κ3) is 3.49. The number of nitrogens with one attached hydrogen (secondary N) is 4. The van der Waals surface area contributed by atoms with E-state index in [1.165, 1.54) is 11.1 Å². The largest absolute Gasteiger partial charge is 0.419 e. The Hall–Kier alpha value is -3.99. The lowest BCUT2D eigenvalue weighted by Gasteiger charge is -2.41. The van der Waals surface area contributed by atoms with Crippen LogP contribution in [0.5, 0.6) is 0 Å². The smallest absolute Gasteiger partial charge is 0.250 e. The number of fused-ring (bicyclic) bond motifs is 1. The minimum Gasteiger partial charge on any atom is -0.419 e. The summed E-state index contributed by atoms with van der Waals surface area (Å²) < 4.78 is 6.07. The van der Waals surface area contributed by atoms with E-state index in [-0.39, 0.29) is 11.9 Å². The summed E-state index contributed by atoms with van der Waals surface area (Å²) in [6.45, 7) is 1.19. The van der Waals surface area contributed by atoms with Gasteiger partial charge in [-0.2, -0.15) is 5.53 Å². The number of carbonyl (C=O) groups excluding carboxylic acids is 1. The number of carbonyl (C=O) groups is 1. The van der Waals surface area contributed by atoms with Crippen LogP contribution in [0.15, 0.2) is 52.5 Å². The van der Waals surface area contributed by atoms with Gasteiger partial charge in [-0.25, -0.2) is 9.97 Å². The van der Waals surface area contributed by atoms with Gasteiger partial charge < -0.3 is 25.5 Å². The third-order valence-corrected chi connectivity index (χ3v) is 7.79. The summed E-state index contributed by atoms with van der Waals surface area (Å²) in [5.41, 5.74) is 13.8. The number of hydrogen-bond acceptors (Lipinski definition) is 10. The molecule has 184 valence electrons. The zero-order valence-electron chi connectivity index (χ0n) is 19.8. The zero-order valence-corrected chi connectivity index (χ0v) is 19.8. The first-order valence-corrected chi connectivity index (χ1v) is 12.5. The second-order valence-electron chi connectivity index (χ2n) is 9.97. The van der Waals surface area contributed by atoms with Gasteiger partial charge in [-0.15, -0.1) is 10.2 Å². The molecule has 0 spiro atoms. The Morgan fingerprint density at radius 3 is 2.53 bits per heavy atom. The molecule has 1 fully saturated rings. The molecule has 2 aliphatic heterocycles. The van der Waals surface area contributed by atoms with E-state index < -0.39 is 5.41 Å². The van der Waals surface area contributed by atoms with Crippen LogP contribution >= 0.6 is 0 Å². The van der Waals surface area contributed by atoms with Crippen LogP contribution in [-0.2, 0) is 23.1 Å². The van der Waals surface area contributed by atoms with Gasteiger partial charge in [-0.3, -0.25) is 4.79 Å². The normalized spacial score (nSPS) is 20.3. The summed E-state index contributed by atoms with van der Waals surface area (Å²) in [5.74, 6) is 1.34. The minimum atomic E-state index is -0.747. The Kier molecular flexibility index (Phi) is 4.91. The lowest BCUT2D eigenvalue weighted by Crippen LogP contribution is -2.53. The van der Waals surface area contributed by atoms with Gasteiger partial charge in [0.25, 0.3) is 5.89 Å². The molecular formula is C25H27N9O2. The van der Waals surface area contributed by atoms with Crippen LogP contribution in [0.4, 0.5) is 5.95 Å². The van der Waals surface area contributed by atoms with E-state index in [2.05, 4.69) is 66.1 Å². The van der Waals surface area contributed by atoms with Crippen LogP contribution in [0, 0.1) is 0 Å². The fourth-order valence-electron chi connectivity index (χ4n) is 5.61. The Bertz CT molecular complexity index is 1320. The number of benzene rings is 1. The van der Waals surface area contributed by atoms with Crippen LogP contribution in [0.25, 0.3) is 11.5 Å². The Morgan fingerprint density at radius 1 is 1.06 bits per heavy atom. The molecule has 0 radical (unpaired) electrons. The van der Waals surface area contributed by atoms with Crippen molar-refractivity contribution in [2.45, 2.75) is 50.0 Å². The number of nitrogens with zero attached hydrogens (tertiary/aromatic N) is 5. The average molecular weight is 486 g/mol. The SMILES string of the molecule is O=C(N1CCC2=C(C1)NNN2)C1(c2nnc(-c3cnc(NC4Cc5ccccc5C4)nc3)o2)CCC1. The molecule has 11 nitrogen and oxygen atoms in total. The molecule has 4 aliphatic rings. The monoisotopic (exact) mass is 485 g/mol. The van der Waals surface area contributed by atoms with E-state index in [1.807, 2.05) is 4.90 Å². The number of hydrogen-bond donors (Lipinski definition) is 4. The number of hydrazine groups is 2. The molecule has 4 N–H and O–H groups in total. The highest BCUT2D eigenvalue weighted by Crippen LogP contribution is 2.45. The van der Waals surface area contributed by atoms with Gasteiger partial charge in [0.1, 0.15) is 5.41 Å². The zero-order chi connectivity index (χ0) is 24.1. The predicted octanol–water partition coefficient (Wildman–Crippen LogP) is 1.58. The second kappa shape index (κ2) is 8.30. The van der Waals surface area contributed by atoms with Crippen molar-refractivity contribution >= 4 is 11.9 Å². The number of amides is 1. The highest BCUT2D eigenvalue weighted by molar-refractivity contribution is 5.88. The summed E-state index contributed by atoms with van der Waals surface area (Å²) >= 11 is 0. The van der Waals surface area contributed by atoms with Crippen LogP contribution in [0.2, 0.25) is 0 Å². The fourth-order valence-corrected chi connectivity index (χ4v) is 5.61. The maximum Gasteiger partial charge on any atom is 0.250 e. The van der Waals surface area contributed by atoms with Gasteiger partial charge in [-0.05, 0) is 36.8 Å². The lowest BCUT2D eigenvalue weighted by atomic mass is 9.67. The molecule has 4 heterocycles. The Morgan fingerprint density at radius 2 is 1.81 bits per heavy atom. The average Bonchev–Trinajstić information content (AvgIpc) is 3.63. The van der Waals surface area contributed by atoms with E-state index in [4.69, 9.17) is 4.42 Å². The Labute approximate surface area is 207 Å². The first-order valence-electron chi connectivity index (χ1n) is 12.5. The van der Waals surface area contributed by atoms with E-state index >= 15 is 0 Å². The molecule has 2 aliphatic carbocycles. The van der Waals surface area contributed by atoms with E-state index in [9.17, 15) is 4.79 Å². The first kappa shape index (κ1) is 21.3. The Balaban J connectivity index is 1.05. The van der Waals surface area contributed by atoms with Gasteiger partial charge in [0.15, 0.2) is 0 Å². The van der Waals surface area contributed by atoms with E-state index in [1.54, 1.807) is 12.4 Å². The van der Waals surface area contributed by atoms with Crippen molar-refractivity contribution in [1.82, 2.24) is 41.5 Å². The van der Waals surface area contributed by atoms with Gasteiger partial charge >= 0.3 is 0 Å². The molecule has 2 aromatic heterocycles. The van der Waals surface area contributed by atoms with Crippen molar-refractivity contribution in [3.8, 4) is 11.5 Å². The highest BCUT2D eigenvalue weighted by atomic mass is 16.4. The number of anilines is 1. The maximum absolute atomic E-state index is 13.6. The van der Waals surface area contributed by atoms with Gasteiger partial charge in [0.2, 0.25) is 17.7 Å². The van der Waals surface area contributed by atoms with Gasteiger partial charge in [0.05, 0.1) is 23.5 Å². The topological polar surface area (TPSA) is 133 Å². The third-order valence-electron chi connectivity index (χ3n) is 7.79. The summed E-state index contributed by atoms with van der Waals surface area (Å²) in [6.07, 6.45) is 8.46. The summed E-state index contributed by atoms with van der Waals surface area (Å²) in [4.78, 5) is 24.4. The highest BCUT2D eigenvalue weighted by Gasteiger charge is 2.52. The minimum absolute atomic E-state index is 0.0533. The van der Waals surface area contributed by atoms with Crippen molar-refractivity contribution in [3.63, 3.8) is 0 Å². The van der Waals surface area contributed by atoms with Crippen molar-refractivity contribution < 1.29 is 9.21 Å². The summed E-state index contributed by atoms with van der Waals surface area (Å²) in [5, 5.41) is 12.0. The molecule has 0 bridgehead atoms. The quantitative estimate of drug-likeness (QED) is 0.422. The first-order chi connectivity index (χ1) is 17.7. The van der Waals surface area contributed by atoms with Crippen molar-refractivity contribution in [1.29, 1.82) is 0 Å². The number of rotatable bonds is 5. The van der Waals surface area contributed by atoms with E-state index in [0.717, 1.165) is 37.1 Å². The summed E-state index contributed by atoms with van der Waals surface area (Å²) in [7, 11) is 0. The molecule has 1 amide bonds. The van der Waals surface area contributed by atoms with E-state index in [0.29, 0.717) is 49.2 Å². The number of aromatic nitrogens is 4. The fraction of sp³-hybridized carbons (Fsp3) is 0.400. The molecule has 1 saturated carbocycles. The van der Waals surface area contributed by atoms with Crippen LogP contribution in [0.1, 0.15) is 42.7 Å². The second-order valence-corrected chi connectivity index (χ2v) is 9.97. The predicted molar refractivity (Wildman–Crippen MR) is 130 cm³/mol. The van der Waals surface area contributed by atoms with Crippen LogP contribution < -0.4 is 21.7 Å². The standard InChI is InChI=1S/C25H27N9O2/c35-23(34-9-6-19-20(14-34)30-33-29-19)25(7-3-8-25)22-32-31-21(36-22)17-12-26-24(27-13-17)28-18-10-15-4-1-2-5-16(15)11-18/h1-2,4-5,12-13,18,29-30,33H,3,6-11,14H2,(H,26,27,28). The molecule has 36 heavy (non-hydrogen) atoms. The molecule has 0 unspecified atom stereocenters. The molecular weight excluding hydrogens is 458 g/mol. The molecule has 7 rings (SSSR count). The molecule has 3 aromatic rings. The van der Waals surface area contributed by atoms with Gasteiger partial charge in [-0.1, -0.05) is 30.7 Å². The molecule has 1 aromatic carbocycles. The van der Waals surface area contributed by atoms with Crippen LogP contribution in [0.3, 0.4) is 0 Å². The lowest BCUT2D eigenvalue weighted by molar-refractivity contribution is -0.142. The maximum atomic E-state index is 13.6. The van der Waals surface area contributed by atoms with Crippen molar-refractivity contribution in [3.05, 3.63) is 65.1 Å². The molecule has 0 saturated heterocycles. The van der Waals surface area contributed by atoms with Crippen molar-refractivity contribution in [2.75, 3.05) is 18.4 Å². The molecule has 0 atom stereocenters. The molecule has 11 heteroatoms. The van der Waals surface area contributed by atoms with Crippen molar-refractivity contribution in [2.24, 2.45) is 0 Å². The van der Waals surface area contributed by atoms with Gasteiger partial charge in [0, 0.05) is 31.4 Å². The van der Waals surface area contributed by atoms with Crippen LogP contribution in [-0.4, -0.2) is 50.1 Å². The summed E-state index contributed by atoms with van der Waals surface area (Å²) in [6, 6.07) is 8.78.